The summed E-state index contributed by atoms with van der Waals surface area (Å²) in [5, 5.41) is 14.4. The van der Waals surface area contributed by atoms with Crippen LogP contribution in [0, 0.1) is 0 Å². The molecule has 1 aliphatic rings. The zero-order chi connectivity index (χ0) is 14.5. The number of methoxy groups -OCH3 is 1. The van der Waals surface area contributed by atoms with E-state index in [0.29, 0.717) is 11.3 Å². The number of ether oxygens (including phenoxy) is 1. The Morgan fingerprint density at radius 3 is 2.95 bits per heavy atom. The number of carbonyl (C=O) groups is 1. The number of amides is 1. The van der Waals surface area contributed by atoms with Crippen molar-refractivity contribution < 1.29 is 14.7 Å². The number of aromatic nitrogens is 1. The molecule has 0 aromatic carbocycles. The lowest BCUT2D eigenvalue weighted by Crippen LogP contribution is -2.41. The van der Waals surface area contributed by atoms with Crippen LogP contribution in [-0.4, -0.2) is 41.2 Å². The van der Waals surface area contributed by atoms with Crippen LogP contribution < -0.4 is 11.1 Å². The van der Waals surface area contributed by atoms with E-state index in [1.54, 1.807) is 19.2 Å². The first-order chi connectivity index (χ1) is 9.65. The lowest BCUT2D eigenvalue weighted by atomic mass is 10.2. The fourth-order valence-corrected chi connectivity index (χ4v) is 2.35. The predicted molar refractivity (Wildman–Crippen MR) is 72.7 cm³/mol. The van der Waals surface area contributed by atoms with E-state index in [-0.39, 0.29) is 23.9 Å². The van der Waals surface area contributed by atoms with Crippen molar-refractivity contribution in [3.63, 3.8) is 0 Å². The molecule has 108 valence electrons. The van der Waals surface area contributed by atoms with Gasteiger partial charge in [0.2, 0.25) is 0 Å². The van der Waals surface area contributed by atoms with E-state index in [4.69, 9.17) is 15.7 Å². The molecule has 20 heavy (non-hydrogen) atoms. The molecule has 1 amide bonds. The fourth-order valence-electron chi connectivity index (χ4n) is 2.35. The van der Waals surface area contributed by atoms with Gasteiger partial charge in [0.25, 0.3) is 5.91 Å². The van der Waals surface area contributed by atoms with E-state index < -0.39 is 0 Å². The molecule has 0 bridgehead atoms. The van der Waals surface area contributed by atoms with Gasteiger partial charge in [0.05, 0.1) is 12.1 Å². The Kier molecular flexibility index (Phi) is 4.52. The first-order valence-corrected chi connectivity index (χ1v) is 6.43. The molecule has 2 rings (SSSR count). The Hall–Kier alpha value is -2.15. The van der Waals surface area contributed by atoms with Gasteiger partial charge in [-0.25, -0.2) is 0 Å². The molecular weight excluding hydrogens is 260 g/mol. The zero-order valence-electron chi connectivity index (χ0n) is 11.2. The molecule has 7 heteroatoms. The monoisotopic (exact) mass is 278 g/mol. The summed E-state index contributed by atoms with van der Waals surface area (Å²) in [4.78, 5) is 16.1. The van der Waals surface area contributed by atoms with Gasteiger partial charge in [0, 0.05) is 18.9 Å². The minimum absolute atomic E-state index is 0.0260. The molecule has 2 atom stereocenters. The van der Waals surface area contributed by atoms with Crippen LogP contribution in [0.2, 0.25) is 0 Å². The second kappa shape index (κ2) is 6.33. The smallest absolute Gasteiger partial charge is 0.270 e. The van der Waals surface area contributed by atoms with Crippen molar-refractivity contribution in [1.82, 2.24) is 10.3 Å². The Morgan fingerprint density at radius 1 is 1.55 bits per heavy atom. The normalized spacial score (nSPS) is 22.8. The van der Waals surface area contributed by atoms with Crippen LogP contribution in [0.15, 0.2) is 23.5 Å². The molecule has 1 aliphatic carbocycles. The topological polar surface area (TPSA) is 110 Å². The summed E-state index contributed by atoms with van der Waals surface area (Å²) >= 11 is 0. The number of nitrogens with zero attached hydrogens (tertiary/aromatic N) is 2. The highest BCUT2D eigenvalue weighted by atomic mass is 16.5. The third kappa shape index (κ3) is 3.05. The Labute approximate surface area is 116 Å². The van der Waals surface area contributed by atoms with Gasteiger partial charge in [-0.15, -0.1) is 0 Å². The Balaban J connectivity index is 2.02. The number of nitrogens with one attached hydrogen (secondary N) is 1. The first kappa shape index (κ1) is 14.3. The molecule has 0 radical (unpaired) electrons. The average molecular weight is 278 g/mol. The Morgan fingerprint density at radius 2 is 2.35 bits per heavy atom. The van der Waals surface area contributed by atoms with Crippen LogP contribution >= 0.6 is 0 Å². The summed E-state index contributed by atoms with van der Waals surface area (Å²) in [6.45, 7) is 0. The van der Waals surface area contributed by atoms with Gasteiger partial charge in [0.15, 0.2) is 5.84 Å². The van der Waals surface area contributed by atoms with Crippen molar-refractivity contribution in [2.24, 2.45) is 10.9 Å². The lowest BCUT2D eigenvalue weighted by Gasteiger charge is -2.19. The summed E-state index contributed by atoms with van der Waals surface area (Å²) < 4.78 is 5.33. The summed E-state index contributed by atoms with van der Waals surface area (Å²) in [6.07, 6.45) is 4.37. The average Bonchev–Trinajstić information content (AvgIpc) is 2.93. The zero-order valence-corrected chi connectivity index (χ0v) is 11.2. The van der Waals surface area contributed by atoms with Crippen LogP contribution in [0.1, 0.15) is 35.3 Å². The molecule has 2 unspecified atom stereocenters. The number of rotatable bonds is 4. The van der Waals surface area contributed by atoms with Gasteiger partial charge in [-0.2, -0.15) is 0 Å². The largest absolute Gasteiger partial charge is 0.409 e. The number of pyridine rings is 1. The van der Waals surface area contributed by atoms with Crippen LogP contribution in [0.3, 0.4) is 0 Å². The molecule has 1 heterocycles. The summed E-state index contributed by atoms with van der Waals surface area (Å²) in [6, 6.07) is 3.15. The molecular formula is C13H18N4O3. The maximum absolute atomic E-state index is 12.1. The van der Waals surface area contributed by atoms with Gasteiger partial charge >= 0.3 is 0 Å². The minimum Gasteiger partial charge on any atom is -0.409 e. The van der Waals surface area contributed by atoms with E-state index in [1.807, 2.05) is 0 Å². The summed E-state index contributed by atoms with van der Waals surface area (Å²) in [7, 11) is 1.65. The Bertz CT molecular complexity index is 501. The number of oxime groups is 1. The summed E-state index contributed by atoms with van der Waals surface area (Å²) in [5.74, 6) is -0.287. The van der Waals surface area contributed by atoms with Crippen molar-refractivity contribution >= 4 is 11.7 Å². The van der Waals surface area contributed by atoms with Crippen LogP contribution in [0.5, 0.6) is 0 Å². The number of hydrogen-bond donors (Lipinski definition) is 3. The van der Waals surface area contributed by atoms with Gasteiger partial charge in [-0.05, 0) is 31.4 Å². The number of carbonyl (C=O) groups excluding carboxylic acids is 1. The highest BCUT2D eigenvalue weighted by Crippen LogP contribution is 2.21. The van der Waals surface area contributed by atoms with E-state index in [2.05, 4.69) is 15.5 Å². The van der Waals surface area contributed by atoms with Crippen molar-refractivity contribution in [1.29, 1.82) is 0 Å². The molecule has 1 fully saturated rings. The van der Waals surface area contributed by atoms with Gasteiger partial charge < -0.3 is 21.0 Å². The SMILES string of the molecule is COC1CCCC1NC(=O)c1ccc(C(N)=NO)cn1. The second-order valence-corrected chi connectivity index (χ2v) is 4.70. The van der Waals surface area contributed by atoms with Crippen molar-refractivity contribution in [2.75, 3.05) is 7.11 Å². The van der Waals surface area contributed by atoms with E-state index in [9.17, 15) is 4.79 Å². The van der Waals surface area contributed by atoms with E-state index >= 15 is 0 Å². The van der Waals surface area contributed by atoms with E-state index in [0.717, 1.165) is 19.3 Å². The molecule has 7 nitrogen and oxygen atoms in total. The van der Waals surface area contributed by atoms with Crippen LogP contribution in [0.4, 0.5) is 0 Å². The van der Waals surface area contributed by atoms with Crippen LogP contribution in [-0.2, 0) is 4.74 Å². The molecule has 0 aliphatic heterocycles. The van der Waals surface area contributed by atoms with Gasteiger partial charge in [-0.1, -0.05) is 5.16 Å². The minimum atomic E-state index is -0.245. The van der Waals surface area contributed by atoms with Gasteiger partial charge in [-0.3, -0.25) is 9.78 Å². The highest BCUT2D eigenvalue weighted by Gasteiger charge is 2.28. The lowest BCUT2D eigenvalue weighted by molar-refractivity contribution is 0.0719. The maximum atomic E-state index is 12.1. The summed E-state index contributed by atoms with van der Waals surface area (Å²) in [5.41, 5.74) is 6.18. The second-order valence-electron chi connectivity index (χ2n) is 4.70. The number of nitrogens with two attached hydrogens (primary N) is 1. The molecule has 1 saturated carbocycles. The third-order valence-corrected chi connectivity index (χ3v) is 3.47. The van der Waals surface area contributed by atoms with Crippen LogP contribution in [0.25, 0.3) is 0 Å². The fraction of sp³-hybridized carbons (Fsp3) is 0.462. The molecule has 4 N–H and O–H groups in total. The van der Waals surface area contributed by atoms with Crippen molar-refractivity contribution in [2.45, 2.75) is 31.4 Å². The molecule has 1 aromatic rings. The third-order valence-electron chi connectivity index (χ3n) is 3.47. The predicted octanol–water partition coefficient (Wildman–Crippen LogP) is 0.473. The first-order valence-electron chi connectivity index (χ1n) is 6.43. The highest BCUT2D eigenvalue weighted by molar-refractivity contribution is 5.98. The standard InChI is InChI=1S/C13H18N4O3/c1-20-11-4-2-3-9(11)16-13(18)10-6-5-8(7-15-10)12(14)17-19/h5-7,9,11,19H,2-4H2,1H3,(H2,14,17)(H,16,18). The maximum Gasteiger partial charge on any atom is 0.270 e. The van der Waals surface area contributed by atoms with Crippen molar-refractivity contribution in [3.05, 3.63) is 29.6 Å². The quantitative estimate of drug-likeness (QED) is 0.321. The molecule has 0 spiro atoms. The van der Waals surface area contributed by atoms with Crippen molar-refractivity contribution in [3.8, 4) is 0 Å². The number of hydrogen-bond acceptors (Lipinski definition) is 5. The molecule has 1 aromatic heterocycles. The number of amidine groups is 1. The van der Waals surface area contributed by atoms with Gasteiger partial charge in [0.1, 0.15) is 5.69 Å². The van der Waals surface area contributed by atoms with E-state index in [1.165, 1.54) is 6.20 Å². The molecule has 0 saturated heterocycles.